The monoisotopic (exact) mass is 465 g/mol. The third kappa shape index (κ3) is 4.74. The topological polar surface area (TPSA) is 71.6 Å². The van der Waals surface area contributed by atoms with Crippen molar-refractivity contribution in [2.75, 3.05) is 44.5 Å². The highest BCUT2D eigenvalue weighted by atomic mass is 16.7. The van der Waals surface area contributed by atoms with Gasteiger partial charge in [0.05, 0.1) is 24.8 Å². The van der Waals surface area contributed by atoms with Crippen LogP contribution in [0.4, 0.5) is 5.69 Å². The first-order chi connectivity index (χ1) is 16.6. The quantitative estimate of drug-likeness (QED) is 0.438. The van der Waals surface area contributed by atoms with E-state index in [1.54, 1.807) is 12.1 Å². The molecule has 1 atom stereocenters. The van der Waals surface area contributed by atoms with Gasteiger partial charge in [-0.25, -0.2) is 4.90 Å². The fourth-order valence-corrected chi connectivity index (χ4v) is 4.73. The molecule has 3 aliphatic rings. The zero-order valence-corrected chi connectivity index (χ0v) is 19.6. The van der Waals surface area contributed by atoms with Gasteiger partial charge in [-0.2, -0.15) is 0 Å². The minimum absolute atomic E-state index is 0.131. The molecule has 0 unspecified atom stereocenters. The number of carbonyl (C=O) groups excluding carboxylic acids is 2. The molecule has 0 saturated carbocycles. The lowest BCUT2D eigenvalue weighted by Crippen LogP contribution is -2.52. The predicted octanol–water partition coefficient (Wildman–Crippen LogP) is 3.04. The lowest BCUT2D eigenvalue weighted by molar-refractivity contribution is -0.123. The maximum atomic E-state index is 13.2. The van der Waals surface area contributed by atoms with Crippen molar-refractivity contribution in [3.8, 4) is 17.2 Å². The van der Waals surface area contributed by atoms with Crippen LogP contribution in [0.25, 0.3) is 0 Å². The lowest BCUT2D eigenvalue weighted by atomic mass is 10.1. The molecule has 3 heterocycles. The fourth-order valence-electron chi connectivity index (χ4n) is 4.73. The van der Waals surface area contributed by atoms with Gasteiger partial charge < -0.3 is 14.2 Å². The number of nitrogens with zero attached hydrogens (tertiary/aromatic N) is 3. The maximum Gasteiger partial charge on any atom is 0.251 e. The second kappa shape index (κ2) is 10.0. The first kappa shape index (κ1) is 22.7. The van der Waals surface area contributed by atoms with Crippen molar-refractivity contribution in [3.63, 3.8) is 0 Å². The summed E-state index contributed by atoms with van der Waals surface area (Å²) in [6.07, 6.45) is 2.30. The number of anilines is 1. The Hall–Kier alpha value is -3.10. The van der Waals surface area contributed by atoms with Crippen molar-refractivity contribution < 1.29 is 23.8 Å². The molecular formula is C26H31N3O5. The van der Waals surface area contributed by atoms with E-state index in [1.807, 2.05) is 24.3 Å². The first-order valence-corrected chi connectivity index (χ1v) is 12.1. The highest BCUT2D eigenvalue weighted by molar-refractivity contribution is 6.22. The average molecular weight is 466 g/mol. The van der Waals surface area contributed by atoms with E-state index in [9.17, 15) is 9.59 Å². The van der Waals surface area contributed by atoms with Gasteiger partial charge in [-0.3, -0.25) is 19.4 Å². The summed E-state index contributed by atoms with van der Waals surface area (Å²) in [5, 5.41) is 0. The van der Waals surface area contributed by atoms with Crippen molar-refractivity contribution in [1.82, 2.24) is 9.80 Å². The molecule has 0 bridgehead atoms. The van der Waals surface area contributed by atoms with Gasteiger partial charge in [-0.15, -0.1) is 0 Å². The lowest BCUT2D eigenvalue weighted by Gasteiger charge is -2.37. The van der Waals surface area contributed by atoms with Crippen LogP contribution < -0.4 is 19.1 Å². The van der Waals surface area contributed by atoms with Crippen LogP contribution in [0.15, 0.2) is 42.5 Å². The molecule has 2 aromatic carbocycles. The number of unbranched alkanes of at least 4 members (excludes halogenated alkanes) is 1. The summed E-state index contributed by atoms with van der Waals surface area (Å²) < 4.78 is 16.6. The van der Waals surface area contributed by atoms with E-state index in [0.29, 0.717) is 12.3 Å². The first-order valence-electron chi connectivity index (χ1n) is 12.1. The average Bonchev–Trinajstić information content (AvgIpc) is 3.44. The van der Waals surface area contributed by atoms with Gasteiger partial charge in [-0.1, -0.05) is 19.4 Å². The van der Waals surface area contributed by atoms with Gasteiger partial charge in [0.1, 0.15) is 5.75 Å². The zero-order valence-electron chi connectivity index (χ0n) is 19.6. The number of ether oxygens (including phenoxy) is 3. The van der Waals surface area contributed by atoms with E-state index < -0.39 is 0 Å². The summed E-state index contributed by atoms with van der Waals surface area (Å²) in [5.41, 5.74) is 1.79. The summed E-state index contributed by atoms with van der Waals surface area (Å²) in [7, 11) is 0. The third-order valence-electron chi connectivity index (χ3n) is 6.68. The minimum atomic E-state index is -0.388. The molecule has 0 aromatic heterocycles. The maximum absolute atomic E-state index is 13.2. The molecule has 0 radical (unpaired) electrons. The molecule has 3 aliphatic heterocycles. The van der Waals surface area contributed by atoms with Gasteiger partial charge in [0.25, 0.3) is 5.91 Å². The third-order valence-corrected chi connectivity index (χ3v) is 6.68. The standard InChI is InChI=1S/C26H31N3O5/c1-2-3-14-32-21-7-5-20(6-8-21)29-25(30)16-22(26(29)31)28-12-10-27(11-13-28)17-19-4-9-23-24(15-19)34-18-33-23/h4-9,15,22H,2-3,10-14,16-18H2,1H3/t22-/m0/s1. The van der Waals surface area contributed by atoms with Gasteiger partial charge in [0.15, 0.2) is 11.5 Å². The van der Waals surface area contributed by atoms with E-state index >= 15 is 0 Å². The van der Waals surface area contributed by atoms with Crippen LogP contribution in [0.5, 0.6) is 17.2 Å². The summed E-state index contributed by atoms with van der Waals surface area (Å²) in [4.78, 5) is 31.8. The number of rotatable bonds is 8. The smallest absolute Gasteiger partial charge is 0.251 e. The summed E-state index contributed by atoms with van der Waals surface area (Å²) in [6.45, 7) is 7.08. The Labute approximate surface area is 200 Å². The Morgan fingerprint density at radius 2 is 1.74 bits per heavy atom. The molecule has 2 saturated heterocycles. The van der Waals surface area contributed by atoms with Gasteiger partial charge in [0, 0.05) is 32.7 Å². The Morgan fingerprint density at radius 1 is 0.971 bits per heavy atom. The molecule has 5 rings (SSSR count). The van der Waals surface area contributed by atoms with Crippen molar-refractivity contribution in [3.05, 3.63) is 48.0 Å². The van der Waals surface area contributed by atoms with Gasteiger partial charge in [-0.05, 0) is 48.4 Å². The van der Waals surface area contributed by atoms with E-state index in [-0.39, 0.29) is 31.1 Å². The largest absolute Gasteiger partial charge is 0.494 e. The summed E-state index contributed by atoms with van der Waals surface area (Å²) >= 11 is 0. The predicted molar refractivity (Wildman–Crippen MR) is 127 cm³/mol. The molecule has 0 spiro atoms. The van der Waals surface area contributed by atoms with E-state index in [0.717, 1.165) is 62.8 Å². The number of hydrogen-bond acceptors (Lipinski definition) is 7. The number of amides is 2. The molecule has 180 valence electrons. The Bertz CT molecular complexity index is 1030. The molecular weight excluding hydrogens is 434 g/mol. The molecule has 8 nitrogen and oxygen atoms in total. The van der Waals surface area contributed by atoms with Crippen LogP contribution in [0.1, 0.15) is 31.7 Å². The number of piperazine rings is 1. The Morgan fingerprint density at radius 3 is 2.50 bits per heavy atom. The van der Waals surface area contributed by atoms with E-state index in [4.69, 9.17) is 14.2 Å². The van der Waals surface area contributed by atoms with Gasteiger partial charge in [0.2, 0.25) is 12.7 Å². The number of fused-ring (bicyclic) bond motifs is 1. The second-order valence-corrected chi connectivity index (χ2v) is 8.98. The summed E-state index contributed by atoms with van der Waals surface area (Å²) in [5.74, 6) is 2.07. The molecule has 2 amide bonds. The zero-order chi connectivity index (χ0) is 23.5. The van der Waals surface area contributed by atoms with Crippen molar-refractivity contribution in [1.29, 1.82) is 0 Å². The van der Waals surface area contributed by atoms with E-state index in [2.05, 4.69) is 22.8 Å². The molecule has 2 fully saturated rings. The van der Waals surface area contributed by atoms with Crippen LogP contribution >= 0.6 is 0 Å². The number of hydrogen-bond donors (Lipinski definition) is 0. The van der Waals surface area contributed by atoms with Crippen LogP contribution in [-0.4, -0.2) is 67.2 Å². The molecule has 34 heavy (non-hydrogen) atoms. The normalized spacial score (nSPS) is 20.9. The summed E-state index contributed by atoms with van der Waals surface area (Å²) in [6, 6.07) is 12.9. The SMILES string of the molecule is CCCCOc1ccc(N2C(=O)C[C@H](N3CCN(Cc4ccc5c(c4)OCO5)CC3)C2=O)cc1. The van der Waals surface area contributed by atoms with Crippen molar-refractivity contribution in [2.45, 2.75) is 38.8 Å². The minimum Gasteiger partial charge on any atom is -0.494 e. The van der Waals surface area contributed by atoms with Crippen LogP contribution in [0.2, 0.25) is 0 Å². The number of carbonyl (C=O) groups is 2. The van der Waals surface area contributed by atoms with Crippen molar-refractivity contribution >= 4 is 17.5 Å². The van der Waals surface area contributed by atoms with Crippen molar-refractivity contribution in [2.24, 2.45) is 0 Å². The highest BCUT2D eigenvalue weighted by Gasteiger charge is 2.43. The Kier molecular flexibility index (Phi) is 6.69. The fraction of sp³-hybridized carbons (Fsp3) is 0.462. The van der Waals surface area contributed by atoms with Crippen LogP contribution in [-0.2, 0) is 16.1 Å². The van der Waals surface area contributed by atoms with Gasteiger partial charge >= 0.3 is 0 Å². The highest BCUT2D eigenvalue weighted by Crippen LogP contribution is 2.33. The Balaban J connectivity index is 1.16. The molecule has 0 N–H and O–H groups in total. The van der Waals surface area contributed by atoms with Crippen LogP contribution in [0, 0.1) is 0 Å². The second-order valence-electron chi connectivity index (χ2n) is 8.98. The number of benzene rings is 2. The molecule has 8 heteroatoms. The van der Waals surface area contributed by atoms with E-state index in [1.165, 1.54) is 10.5 Å². The number of imide groups is 1. The molecule has 2 aromatic rings. The molecule has 0 aliphatic carbocycles. The van der Waals surface area contributed by atoms with Crippen LogP contribution in [0.3, 0.4) is 0 Å².